The number of nitrogens with two attached hydrogens (primary N) is 1. The zero-order valence-corrected chi connectivity index (χ0v) is 15.2. The maximum absolute atomic E-state index is 9.83. The van der Waals surface area contributed by atoms with Crippen LogP contribution in [0.3, 0.4) is 0 Å². The molecule has 4 aromatic rings. The van der Waals surface area contributed by atoms with Crippen molar-refractivity contribution in [1.29, 1.82) is 5.26 Å². The molecule has 0 saturated carbocycles. The first-order valence-electron chi connectivity index (χ1n) is 8.97. The monoisotopic (exact) mass is 381 g/mol. The maximum atomic E-state index is 9.83. The van der Waals surface area contributed by atoms with Gasteiger partial charge in [0.2, 0.25) is 11.8 Å². The number of para-hydroxylation sites is 1. The largest absolute Gasteiger partial charge is 0.463 e. The van der Waals surface area contributed by atoms with Gasteiger partial charge in [-0.25, -0.2) is 0 Å². The molecule has 0 radical (unpaired) electrons. The second-order valence-corrected chi connectivity index (χ2v) is 6.50. The van der Waals surface area contributed by atoms with Crippen LogP contribution in [0.4, 0.5) is 0 Å². The molecule has 1 atom stereocenters. The fraction of sp³-hybridized carbons (Fsp3) is 0.0455. The minimum absolute atomic E-state index is 0.0601. The van der Waals surface area contributed by atoms with Crippen LogP contribution < -0.4 is 10.5 Å². The van der Waals surface area contributed by atoms with Gasteiger partial charge in [0.25, 0.3) is 0 Å². The van der Waals surface area contributed by atoms with E-state index in [4.69, 9.17) is 20.0 Å². The van der Waals surface area contributed by atoms with Crippen molar-refractivity contribution in [3.8, 4) is 29.1 Å². The Labute approximate surface area is 166 Å². The van der Waals surface area contributed by atoms with Gasteiger partial charge in [0.1, 0.15) is 17.3 Å². The van der Waals surface area contributed by atoms with Crippen molar-refractivity contribution in [3.05, 3.63) is 95.8 Å². The molecule has 1 unspecified atom stereocenters. The highest BCUT2D eigenvalue weighted by Crippen LogP contribution is 2.47. The van der Waals surface area contributed by atoms with E-state index < -0.39 is 5.92 Å². The number of fused-ring (bicyclic) bond motifs is 1. The Hall–Kier alpha value is -4.31. The molecule has 0 saturated heterocycles. The van der Waals surface area contributed by atoms with Gasteiger partial charge in [0, 0.05) is 12.4 Å². The number of nitriles is 1. The smallest absolute Gasteiger partial charge is 0.229 e. The van der Waals surface area contributed by atoms with Crippen LogP contribution in [0.25, 0.3) is 17.1 Å². The Morgan fingerprint density at radius 2 is 1.83 bits per heavy atom. The summed E-state index contributed by atoms with van der Waals surface area (Å²) in [7, 11) is 0. The van der Waals surface area contributed by atoms with Gasteiger partial charge in [-0.1, -0.05) is 18.2 Å². The van der Waals surface area contributed by atoms with E-state index in [0.29, 0.717) is 22.9 Å². The Kier molecular flexibility index (Phi) is 3.88. The molecule has 7 heteroatoms. The average Bonchev–Trinajstić information content (AvgIpc) is 3.42. The predicted octanol–water partition coefficient (Wildman–Crippen LogP) is 3.75. The van der Waals surface area contributed by atoms with Crippen LogP contribution in [0.1, 0.15) is 17.0 Å². The highest BCUT2D eigenvalue weighted by Gasteiger charge is 2.38. The number of nitrogens with zero attached hydrogens (tertiary/aromatic N) is 4. The lowest BCUT2D eigenvalue weighted by Crippen LogP contribution is -2.22. The first-order chi connectivity index (χ1) is 14.3. The van der Waals surface area contributed by atoms with Crippen molar-refractivity contribution in [2.24, 2.45) is 5.73 Å². The second-order valence-electron chi connectivity index (χ2n) is 6.50. The fourth-order valence-electron chi connectivity index (χ4n) is 3.57. The van der Waals surface area contributed by atoms with Gasteiger partial charge in [-0.3, -0.25) is 4.98 Å². The van der Waals surface area contributed by atoms with E-state index in [1.54, 1.807) is 29.4 Å². The second kappa shape index (κ2) is 6.69. The van der Waals surface area contributed by atoms with Crippen LogP contribution in [0, 0.1) is 11.3 Å². The van der Waals surface area contributed by atoms with Gasteiger partial charge in [-0.05, 0) is 42.0 Å². The number of benzene rings is 1. The zero-order chi connectivity index (χ0) is 19.8. The third-order valence-electron chi connectivity index (χ3n) is 4.84. The lowest BCUT2D eigenvalue weighted by molar-refractivity contribution is 0.367. The summed E-state index contributed by atoms with van der Waals surface area (Å²) in [6.07, 6.45) is 4.96. The lowest BCUT2D eigenvalue weighted by atomic mass is 9.84. The summed E-state index contributed by atoms with van der Waals surface area (Å²) in [4.78, 5) is 4.09. The van der Waals surface area contributed by atoms with E-state index in [9.17, 15) is 5.26 Å². The minimum Gasteiger partial charge on any atom is -0.463 e. The Morgan fingerprint density at radius 1 is 1.03 bits per heavy atom. The Bertz CT molecular complexity index is 1240. The summed E-state index contributed by atoms with van der Waals surface area (Å²) in [6, 6.07) is 19.1. The third-order valence-corrected chi connectivity index (χ3v) is 4.84. The number of hydrogen-bond donors (Lipinski definition) is 1. The van der Waals surface area contributed by atoms with Gasteiger partial charge in [-0.2, -0.15) is 15.0 Å². The van der Waals surface area contributed by atoms with Crippen LogP contribution in [-0.4, -0.2) is 14.8 Å². The van der Waals surface area contributed by atoms with E-state index >= 15 is 0 Å². The number of ether oxygens (including phenoxy) is 1. The topological polar surface area (TPSA) is 103 Å². The summed E-state index contributed by atoms with van der Waals surface area (Å²) in [6.45, 7) is 0. The van der Waals surface area contributed by atoms with Crippen molar-refractivity contribution in [3.63, 3.8) is 0 Å². The number of furan rings is 1. The predicted molar refractivity (Wildman–Crippen MR) is 105 cm³/mol. The Morgan fingerprint density at radius 3 is 2.52 bits per heavy atom. The molecule has 0 amide bonds. The molecule has 0 fully saturated rings. The SMILES string of the molecule is N#CC1=C(N)Oc2c(c(-c3ccco3)nn2-c2ccccc2)C1c1ccncc1. The summed E-state index contributed by atoms with van der Waals surface area (Å²) in [5.41, 5.74) is 9.48. The highest BCUT2D eigenvalue weighted by atomic mass is 16.5. The molecule has 140 valence electrons. The zero-order valence-electron chi connectivity index (χ0n) is 15.2. The van der Waals surface area contributed by atoms with Gasteiger partial charge in [-0.15, -0.1) is 0 Å². The van der Waals surface area contributed by atoms with E-state index in [0.717, 1.165) is 16.8 Å². The van der Waals surface area contributed by atoms with Gasteiger partial charge in [0.15, 0.2) is 5.76 Å². The number of rotatable bonds is 3. The molecule has 4 heterocycles. The molecular formula is C22H15N5O2. The molecule has 3 aromatic heterocycles. The van der Waals surface area contributed by atoms with E-state index in [-0.39, 0.29) is 5.88 Å². The lowest BCUT2D eigenvalue weighted by Gasteiger charge is -2.24. The standard InChI is InChI=1S/C22H15N5O2/c23-13-16-18(14-8-10-25-11-9-14)19-20(17-7-4-12-28-17)26-27(22(19)29-21(16)24)15-5-2-1-3-6-15/h1-12,18H,24H2. The molecule has 7 nitrogen and oxygen atoms in total. The van der Waals surface area contributed by atoms with Crippen LogP contribution >= 0.6 is 0 Å². The Balaban J connectivity index is 1.83. The van der Waals surface area contributed by atoms with Crippen LogP contribution in [0.5, 0.6) is 5.88 Å². The number of hydrogen-bond acceptors (Lipinski definition) is 6. The molecule has 1 aromatic carbocycles. The van der Waals surface area contributed by atoms with Gasteiger partial charge >= 0.3 is 0 Å². The normalized spacial score (nSPS) is 15.5. The minimum atomic E-state index is -0.454. The highest BCUT2D eigenvalue weighted by molar-refractivity contribution is 5.69. The van der Waals surface area contributed by atoms with Crippen molar-refractivity contribution in [2.75, 3.05) is 0 Å². The van der Waals surface area contributed by atoms with Crippen LogP contribution in [0.2, 0.25) is 0 Å². The maximum Gasteiger partial charge on any atom is 0.229 e. The number of pyridine rings is 1. The number of aromatic nitrogens is 3. The molecule has 1 aliphatic heterocycles. The molecule has 0 bridgehead atoms. The van der Waals surface area contributed by atoms with Crippen molar-refractivity contribution >= 4 is 0 Å². The van der Waals surface area contributed by atoms with Crippen LogP contribution in [-0.2, 0) is 0 Å². The first kappa shape index (κ1) is 16.8. The van der Waals surface area contributed by atoms with Gasteiger partial charge in [0.05, 0.1) is 23.4 Å². The third kappa shape index (κ3) is 2.66. The molecular weight excluding hydrogens is 366 g/mol. The van der Waals surface area contributed by atoms with E-state index in [1.165, 1.54) is 0 Å². The van der Waals surface area contributed by atoms with E-state index in [2.05, 4.69) is 11.1 Å². The fourth-order valence-corrected chi connectivity index (χ4v) is 3.57. The summed E-state index contributed by atoms with van der Waals surface area (Å²) in [5, 5.41) is 14.6. The van der Waals surface area contributed by atoms with E-state index in [1.807, 2.05) is 48.5 Å². The summed E-state index contributed by atoms with van der Waals surface area (Å²) < 4.78 is 13.3. The first-order valence-corrected chi connectivity index (χ1v) is 8.97. The molecule has 0 aliphatic carbocycles. The average molecular weight is 381 g/mol. The van der Waals surface area contributed by atoms with Crippen LogP contribution in [0.15, 0.2) is 89.1 Å². The summed E-state index contributed by atoms with van der Waals surface area (Å²) >= 11 is 0. The summed E-state index contributed by atoms with van der Waals surface area (Å²) in [5.74, 6) is 0.645. The van der Waals surface area contributed by atoms with Gasteiger partial charge < -0.3 is 14.9 Å². The molecule has 0 spiro atoms. The molecule has 5 rings (SSSR count). The molecule has 2 N–H and O–H groups in total. The quantitative estimate of drug-likeness (QED) is 0.580. The molecule has 29 heavy (non-hydrogen) atoms. The van der Waals surface area contributed by atoms with Crippen molar-refractivity contribution in [1.82, 2.24) is 14.8 Å². The van der Waals surface area contributed by atoms with Crippen molar-refractivity contribution < 1.29 is 9.15 Å². The number of allylic oxidation sites excluding steroid dienone is 1. The molecule has 1 aliphatic rings. The van der Waals surface area contributed by atoms with Crippen molar-refractivity contribution in [2.45, 2.75) is 5.92 Å².